The molecule has 1 fully saturated rings. The zero-order valence-corrected chi connectivity index (χ0v) is 17.7. The van der Waals surface area contributed by atoms with Gasteiger partial charge in [-0.1, -0.05) is 42.5 Å². The first-order valence-corrected chi connectivity index (χ1v) is 11.0. The molecule has 1 amide bonds. The van der Waals surface area contributed by atoms with Crippen LogP contribution < -0.4 is 5.32 Å². The lowest BCUT2D eigenvalue weighted by atomic mass is 10.2. The Morgan fingerprint density at radius 3 is 2.77 bits per heavy atom. The third-order valence-electron chi connectivity index (χ3n) is 5.11. The van der Waals surface area contributed by atoms with Crippen molar-refractivity contribution in [2.45, 2.75) is 30.1 Å². The van der Waals surface area contributed by atoms with E-state index in [1.54, 1.807) is 24.3 Å². The molecular formula is C22H24F2N4O2S. The highest BCUT2D eigenvalue weighted by Crippen LogP contribution is 2.28. The number of amides is 1. The Bertz CT molecular complexity index is 1020. The topological polar surface area (TPSA) is 59.4 Å². The molecule has 9 heteroatoms. The smallest absolute Gasteiger partial charge is 0.291 e. The maximum Gasteiger partial charge on any atom is 0.291 e. The fourth-order valence-electron chi connectivity index (χ4n) is 3.69. The van der Waals surface area contributed by atoms with Crippen molar-refractivity contribution in [2.24, 2.45) is 0 Å². The van der Waals surface area contributed by atoms with Gasteiger partial charge < -0.3 is 14.6 Å². The van der Waals surface area contributed by atoms with Crippen LogP contribution in [0.5, 0.6) is 0 Å². The molecule has 1 unspecified atom stereocenters. The van der Waals surface area contributed by atoms with Crippen LogP contribution in [0.15, 0.2) is 59.8 Å². The van der Waals surface area contributed by atoms with Gasteiger partial charge in [0.2, 0.25) is 5.91 Å². The zero-order valence-electron chi connectivity index (χ0n) is 16.9. The SMILES string of the molecule is O=C(Cn1c(SC(F)F)nc2ccccc21)NCC1CN(Cc2ccccc2)CCO1. The van der Waals surface area contributed by atoms with E-state index in [0.717, 1.165) is 19.6 Å². The Morgan fingerprint density at radius 1 is 1.19 bits per heavy atom. The molecular weight excluding hydrogens is 422 g/mol. The molecule has 2 heterocycles. The van der Waals surface area contributed by atoms with Crippen LogP contribution in [0.25, 0.3) is 11.0 Å². The molecule has 1 saturated heterocycles. The predicted octanol–water partition coefficient (Wildman–Crippen LogP) is 3.37. The number of aromatic nitrogens is 2. The lowest BCUT2D eigenvalue weighted by molar-refractivity contribution is -0.123. The Morgan fingerprint density at radius 2 is 1.97 bits per heavy atom. The number of imidazole rings is 1. The van der Waals surface area contributed by atoms with Crippen molar-refractivity contribution in [3.05, 3.63) is 60.2 Å². The summed E-state index contributed by atoms with van der Waals surface area (Å²) in [5, 5.41) is 3.02. The number of para-hydroxylation sites is 2. The van der Waals surface area contributed by atoms with E-state index in [1.807, 2.05) is 18.2 Å². The summed E-state index contributed by atoms with van der Waals surface area (Å²) in [7, 11) is 0. The second-order valence-electron chi connectivity index (χ2n) is 7.37. The average molecular weight is 447 g/mol. The second kappa shape index (κ2) is 10.2. The van der Waals surface area contributed by atoms with E-state index in [0.29, 0.717) is 35.9 Å². The van der Waals surface area contributed by atoms with Gasteiger partial charge in [-0.2, -0.15) is 8.78 Å². The van der Waals surface area contributed by atoms with Crippen LogP contribution in [-0.4, -0.2) is 58.5 Å². The molecule has 2 aromatic carbocycles. The number of benzene rings is 2. The summed E-state index contributed by atoms with van der Waals surface area (Å²) in [6.45, 7) is 3.30. The number of nitrogens with one attached hydrogen (secondary N) is 1. The number of morpholine rings is 1. The first-order valence-electron chi connectivity index (χ1n) is 10.1. The average Bonchev–Trinajstić information content (AvgIpc) is 3.09. The second-order valence-corrected chi connectivity index (χ2v) is 8.32. The third-order valence-corrected chi connectivity index (χ3v) is 5.82. The summed E-state index contributed by atoms with van der Waals surface area (Å²) in [5.41, 5.74) is 2.48. The van der Waals surface area contributed by atoms with Gasteiger partial charge >= 0.3 is 0 Å². The summed E-state index contributed by atoms with van der Waals surface area (Å²) in [6, 6.07) is 17.3. The number of carbonyl (C=O) groups is 1. The van der Waals surface area contributed by atoms with E-state index < -0.39 is 5.76 Å². The quantitative estimate of drug-likeness (QED) is 0.538. The highest BCUT2D eigenvalue weighted by molar-refractivity contribution is 7.99. The van der Waals surface area contributed by atoms with E-state index in [-0.39, 0.29) is 23.7 Å². The molecule has 1 aliphatic heterocycles. The van der Waals surface area contributed by atoms with Crippen LogP contribution in [0.3, 0.4) is 0 Å². The van der Waals surface area contributed by atoms with Crippen LogP contribution in [0.1, 0.15) is 5.56 Å². The molecule has 0 bridgehead atoms. The van der Waals surface area contributed by atoms with Crippen LogP contribution in [0, 0.1) is 0 Å². The molecule has 0 radical (unpaired) electrons. The van der Waals surface area contributed by atoms with Crippen LogP contribution in [0.4, 0.5) is 8.78 Å². The Hall–Kier alpha value is -2.49. The minimum Gasteiger partial charge on any atom is -0.374 e. The number of rotatable bonds is 8. The molecule has 1 aromatic heterocycles. The Kier molecular flexibility index (Phi) is 7.16. The number of alkyl halides is 2. The van der Waals surface area contributed by atoms with E-state index in [4.69, 9.17) is 4.74 Å². The van der Waals surface area contributed by atoms with Crippen molar-refractivity contribution in [3.8, 4) is 0 Å². The molecule has 6 nitrogen and oxygen atoms in total. The van der Waals surface area contributed by atoms with Gasteiger partial charge in [-0.3, -0.25) is 9.69 Å². The standard InChI is InChI=1S/C22H24F2N4O2S/c23-21(24)31-22-26-18-8-4-5-9-19(18)28(22)15-20(29)25-12-17-14-27(10-11-30-17)13-16-6-2-1-3-7-16/h1-9,17,21H,10-15H2,(H,25,29). The van der Waals surface area contributed by atoms with E-state index in [9.17, 15) is 13.6 Å². The highest BCUT2D eigenvalue weighted by Gasteiger charge is 2.22. The maximum atomic E-state index is 12.9. The zero-order chi connectivity index (χ0) is 21.6. The number of fused-ring (bicyclic) bond motifs is 1. The van der Waals surface area contributed by atoms with Crippen molar-refractivity contribution < 1.29 is 18.3 Å². The van der Waals surface area contributed by atoms with Gasteiger partial charge in [-0.15, -0.1) is 0 Å². The minimum atomic E-state index is -2.61. The lowest BCUT2D eigenvalue weighted by Gasteiger charge is -2.33. The molecule has 0 saturated carbocycles. The number of hydrogen-bond acceptors (Lipinski definition) is 5. The molecule has 1 atom stereocenters. The van der Waals surface area contributed by atoms with E-state index >= 15 is 0 Å². The van der Waals surface area contributed by atoms with E-state index in [1.165, 1.54) is 10.1 Å². The van der Waals surface area contributed by atoms with Gasteiger partial charge in [0.05, 0.1) is 23.7 Å². The summed E-state index contributed by atoms with van der Waals surface area (Å²) in [4.78, 5) is 19.1. The summed E-state index contributed by atoms with van der Waals surface area (Å²) in [5.74, 6) is -2.87. The normalized spacial score (nSPS) is 17.3. The largest absolute Gasteiger partial charge is 0.374 e. The number of ether oxygens (including phenoxy) is 1. The summed E-state index contributed by atoms with van der Waals surface area (Å²) >= 11 is 0.347. The molecule has 1 N–H and O–H groups in total. The molecule has 0 spiro atoms. The summed E-state index contributed by atoms with van der Waals surface area (Å²) < 4.78 is 33.2. The van der Waals surface area contributed by atoms with Gasteiger partial charge in [0, 0.05) is 26.2 Å². The monoisotopic (exact) mass is 446 g/mol. The number of carbonyl (C=O) groups excluding carboxylic acids is 1. The number of halogens is 2. The first-order chi connectivity index (χ1) is 15.1. The van der Waals surface area contributed by atoms with Gasteiger partial charge in [-0.25, -0.2) is 4.98 Å². The molecule has 4 rings (SSSR count). The van der Waals surface area contributed by atoms with Crippen molar-refractivity contribution >= 4 is 28.7 Å². The van der Waals surface area contributed by atoms with Gasteiger partial charge in [0.15, 0.2) is 5.16 Å². The molecule has 1 aliphatic rings. The van der Waals surface area contributed by atoms with Crippen LogP contribution in [0.2, 0.25) is 0 Å². The Balaban J connectivity index is 1.34. The highest BCUT2D eigenvalue weighted by atomic mass is 32.2. The number of thioether (sulfide) groups is 1. The van der Waals surface area contributed by atoms with Crippen molar-refractivity contribution in [1.29, 1.82) is 0 Å². The predicted molar refractivity (Wildman–Crippen MR) is 116 cm³/mol. The lowest BCUT2D eigenvalue weighted by Crippen LogP contribution is -2.47. The minimum absolute atomic E-state index is 0.0734. The number of hydrogen-bond donors (Lipinski definition) is 1. The van der Waals surface area contributed by atoms with Gasteiger partial charge in [0.1, 0.15) is 6.54 Å². The van der Waals surface area contributed by atoms with Crippen molar-refractivity contribution in [1.82, 2.24) is 19.8 Å². The molecule has 31 heavy (non-hydrogen) atoms. The van der Waals surface area contributed by atoms with Crippen LogP contribution in [-0.2, 0) is 22.6 Å². The van der Waals surface area contributed by atoms with Crippen molar-refractivity contribution in [3.63, 3.8) is 0 Å². The fourth-order valence-corrected chi connectivity index (χ4v) is 4.29. The summed E-state index contributed by atoms with van der Waals surface area (Å²) in [6.07, 6.45) is -0.115. The van der Waals surface area contributed by atoms with Gasteiger partial charge in [0.25, 0.3) is 5.76 Å². The first kappa shape index (κ1) is 21.7. The fraction of sp³-hybridized carbons (Fsp3) is 0.364. The van der Waals surface area contributed by atoms with Gasteiger partial charge in [-0.05, 0) is 29.5 Å². The van der Waals surface area contributed by atoms with Crippen LogP contribution >= 0.6 is 11.8 Å². The Labute approximate surface area is 183 Å². The maximum absolute atomic E-state index is 12.9. The third kappa shape index (κ3) is 5.81. The molecule has 3 aromatic rings. The van der Waals surface area contributed by atoms with E-state index in [2.05, 4.69) is 27.3 Å². The molecule has 0 aliphatic carbocycles. The molecule has 164 valence electrons. The van der Waals surface area contributed by atoms with Crippen molar-refractivity contribution in [2.75, 3.05) is 26.2 Å². The number of nitrogens with zero attached hydrogens (tertiary/aromatic N) is 3.